The molecule has 0 saturated carbocycles. The van der Waals surface area contributed by atoms with E-state index in [2.05, 4.69) is 191 Å². The monoisotopic (exact) mass is 666 g/mol. The molecule has 0 N–H and O–H groups in total. The lowest BCUT2D eigenvalue weighted by Crippen LogP contribution is -1.94. The Balaban J connectivity index is 1.08. The predicted octanol–water partition coefficient (Wildman–Crippen LogP) is 13.6. The number of hydrogen-bond acceptors (Lipinski definition) is 1. The van der Waals surface area contributed by atoms with Crippen LogP contribution in [0.2, 0.25) is 0 Å². The summed E-state index contributed by atoms with van der Waals surface area (Å²) < 4.78 is 7.47. The first-order chi connectivity index (χ1) is 25.3. The molecule has 0 bridgehead atoms. The minimum Gasteiger partial charge on any atom is -0.309 e. The second kappa shape index (κ2) is 11.0. The first kappa shape index (κ1) is 28.4. The third-order valence-electron chi connectivity index (χ3n) is 10.5. The lowest BCUT2D eigenvalue weighted by Gasteiger charge is -2.12. The summed E-state index contributed by atoms with van der Waals surface area (Å²) in [5.74, 6) is 0. The molecule has 3 heterocycles. The molecule has 11 aromatic rings. The molecule has 0 spiro atoms. The number of rotatable bonds is 4. The highest BCUT2D eigenvalue weighted by molar-refractivity contribution is 7.25. The molecule has 0 amide bonds. The average molecular weight is 667 g/mol. The Labute approximate surface area is 298 Å². The Morgan fingerprint density at radius 1 is 0.275 bits per heavy atom. The van der Waals surface area contributed by atoms with Gasteiger partial charge in [0.1, 0.15) is 0 Å². The number of thiophene rings is 1. The third kappa shape index (κ3) is 4.35. The van der Waals surface area contributed by atoms with E-state index in [1.165, 1.54) is 91.7 Å². The van der Waals surface area contributed by atoms with Crippen molar-refractivity contribution in [2.24, 2.45) is 0 Å². The zero-order valence-corrected chi connectivity index (χ0v) is 28.4. The number of para-hydroxylation sites is 3. The fourth-order valence-corrected chi connectivity index (χ4v) is 9.31. The van der Waals surface area contributed by atoms with E-state index in [1.807, 2.05) is 11.3 Å². The molecule has 238 valence electrons. The van der Waals surface area contributed by atoms with E-state index in [-0.39, 0.29) is 0 Å². The van der Waals surface area contributed by atoms with Crippen LogP contribution in [0.4, 0.5) is 0 Å². The minimum atomic E-state index is 1.16. The quantitative estimate of drug-likeness (QED) is 0.177. The van der Waals surface area contributed by atoms with Crippen LogP contribution >= 0.6 is 11.3 Å². The van der Waals surface area contributed by atoms with E-state index in [0.717, 1.165) is 5.69 Å². The fraction of sp³-hybridized carbons (Fsp3) is 0. The van der Waals surface area contributed by atoms with Gasteiger partial charge in [0.15, 0.2) is 0 Å². The molecule has 0 aliphatic rings. The molecular formula is C48H30N2S. The van der Waals surface area contributed by atoms with E-state index in [4.69, 9.17) is 0 Å². The summed E-state index contributed by atoms with van der Waals surface area (Å²) in [6.45, 7) is 0. The minimum absolute atomic E-state index is 1.16. The summed E-state index contributed by atoms with van der Waals surface area (Å²) >= 11 is 1.87. The topological polar surface area (TPSA) is 9.86 Å². The molecular weight excluding hydrogens is 637 g/mol. The highest BCUT2D eigenvalue weighted by Crippen LogP contribution is 2.40. The van der Waals surface area contributed by atoms with Gasteiger partial charge in [0, 0.05) is 53.1 Å². The van der Waals surface area contributed by atoms with Gasteiger partial charge in [0.05, 0.1) is 22.1 Å². The first-order valence-corrected chi connectivity index (χ1v) is 18.2. The second-order valence-corrected chi connectivity index (χ2v) is 14.4. The molecule has 0 aliphatic heterocycles. The van der Waals surface area contributed by atoms with Gasteiger partial charge in [-0.1, -0.05) is 115 Å². The number of hydrogen-bond donors (Lipinski definition) is 0. The zero-order valence-electron chi connectivity index (χ0n) is 27.6. The van der Waals surface area contributed by atoms with Crippen molar-refractivity contribution in [2.75, 3.05) is 0 Å². The lowest BCUT2D eigenvalue weighted by atomic mass is 10.0. The van der Waals surface area contributed by atoms with Gasteiger partial charge in [-0.25, -0.2) is 0 Å². The van der Waals surface area contributed by atoms with Crippen LogP contribution in [0.3, 0.4) is 0 Å². The van der Waals surface area contributed by atoms with Gasteiger partial charge in [-0.15, -0.1) is 11.3 Å². The highest BCUT2D eigenvalue weighted by Gasteiger charge is 2.16. The van der Waals surface area contributed by atoms with Crippen molar-refractivity contribution < 1.29 is 0 Å². The van der Waals surface area contributed by atoms with E-state index in [9.17, 15) is 0 Å². The standard InChI is InChI=1S/C48H30N2S/c1-2-12-35(13-3-1)49-44-19-8-5-16-38(44)42-28-32(23-26-45(42)49)33-21-24-39-37-15-4-7-18-43(37)50(46(39)29-33)36-14-10-11-31(27-36)34-22-25-41-40-17-6-9-20-47(40)51-48(41)30-34/h1-30H. The molecule has 0 aliphatic carbocycles. The van der Waals surface area contributed by atoms with Crippen LogP contribution in [-0.2, 0) is 0 Å². The summed E-state index contributed by atoms with van der Waals surface area (Å²) in [5, 5.41) is 7.70. The van der Waals surface area contributed by atoms with E-state index < -0.39 is 0 Å². The van der Waals surface area contributed by atoms with E-state index >= 15 is 0 Å². The van der Waals surface area contributed by atoms with Crippen molar-refractivity contribution in [3.8, 4) is 33.6 Å². The van der Waals surface area contributed by atoms with Crippen LogP contribution in [0.15, 0.2) is 182 Å². The van der Waals surface area contributed by atoms with Crippen LogP contribution in [-0.4, -0.2) is 9.13 Å². The fourth-order valence-electron chi connectivity index (χ4n) is 8.17. The molecule has 11 rings (SSSR count). The second-order valence-electron chi connectivity index (χ2n) is 13.4. The zero-order chi connectivity index (χ0) is 33.5. The molecule has 8 aromatic carbocycles. The Hall–Kier alpha value is -6.42. The molecule has 2 nitrogen and oxygen atoms in total. The van der Waals surface area contributed by atoms with Gasteiger partial charge in [-0.2, -0.15) is 0 Å². The number of benzene rings is 8. The molecule has 3 heteroatoms. The van der Waals surface area contributed by atoms with Gasteiger partial charge < -0.3 is 9.13 Å². The Morgan fingerprint density at radius 2 is 0.804 bits per heavy atom. The Bertz CT molecular complexity index is 3140. The molecule has 0 saturated heterocycles. The summed E-state index contributed by atoms with van der Waals surface area (Å²) in [7, 11) is 0. The Kier molecular flexibility index (Phi) is 6.16. The molecule has 3 aromatic heterocycles. The lowest BCUT2D eigenvalue weighted by molar-refractivity contribution is 1.18. The predicted molar refractivity (Wildman–Crippen MR) is 219 cm³/mol. The van der Waals surface area contributed by atoms with Crippen molar-refractivity contribution in [1.82, 2.24) is 9.13 Å². The van der Waals surface area contributed by atoms with Crippen molar-refractivity contribution in [1.29, 1.82) is 0 Å². The number of fused-ring (bicyclic) bond motifs is 9. The normalized spacial score (nSPS) is 11.9. The van der Waals surface area contributed by atoms with E-state index in [0.29, 0.717) is 0 Å². The summed E-state index contributed by atoms with van der Waals surface area (Å²) in [6.07, 6.45) is 0. The van der Waals surface area contributed by atoms with Crippen molar-refractivity contribution in [2.45, 2.75) is 0 Å². The van der Waals surface area contributed by atoms with Gasteiger partial charge in [-0.05, 0) is 89.0 Å². The summed E-state index contributed by atoms with van der Waals surface area (Å²) in [6, 6.07) is 66.7. The van der Waals surface area contributed by atoms with Crippen molar-refractivity contribution in [3.63, 3.8) is 0 Å². The molecule has 0 radical (unpaired) electrons. The summed E-state index contributed by atoms with van der Waals surface area (Å²) in [4.78, 5) is 0. The SMILES string of the molecule is c1ccc(-n2c3ccccc3c3cc(-c4ccc5c6ccccc6n(-c6cccc(-c7ccc8c(c7)sc7ccccc78)c6)c5c4)ccc32)cc1. The maximum atomic E-state index is 2.44. The smallest absolute Gasteiger partial charge is 0.0547 e. The largest absolute Gasteiger partial charge is 0.309 e. The van der Waals surface area contributed by atoms with Crippen LogP contribution in [0.1, 0.15) is 0 Å². The van der Waals surface area contributed by atoms with Gasteiger partial charge in [-0.3, -0.25) is 0 Å². The van der Waals surface area contributed by atoms with E-state index in [1.54, 1.807) is 0 Å². The molecule has 0 unspecified atom stereocenters. The van der Waals surface area contributed by atoms with Crippen molar-refractivity contribution >= 4 is 75.1 Å². The van der Waals surface area contributed by atoms with Crippen LogP contribution < -0.4 is 0 Å². The molecule has 0 fully saturated rings. The number of nitrogens with zero attached hydrogens (tertiary/aromatic N) is 2. The third-order valence-corrected chi connectivity index (χ3v) is 11.6. The maximum absolute atomic E-state index is 2.44. The number of aromatic nitrogens is 2. The van der Waals surface area contributed by atoms with Crippen LogP contribution in [0, 0.1) is 0 Å². The van der Waals surface area contributed by atoms with Gasteiger partial charge in [0.25, 0.3) is 0 Å². The van der Waals surface area contributed by atoms with Crippen molar-refractivity contribution in [3.05, 3.63) is 182 Å². The highest BCUT2D eigenvalue weighted by atomic mass is 32.1. The first-order valence-electron chi connectivity index (χ1n) is 17.4. The van der Waals surface area contributed by atoms with Crippen LogP contribution in [0.5, 0.6) is 0 Å². The average Bonchev–Trinajstić information content (AvgIpc) is 3.85. The Morgan fingerprint density at radius 3 is 1.63 bits per heavy atom. The molecule has 0 atom stereocenters. The summed E-state index contributed by atoms with van der Waals surface area (Å²) in [5.41, 5.74) is 12.1. The van der Waals surface area contributed by atoms with Gasteiger partial charge >= 0.3 is 0 Å². The molecule has 51 heavy (non-hydrogen) atoms. The van der Waals surface area contributed by atoms with Gasteiger partial charge in [0.2, 0.25) is 0 Å². The van der Waals surface area contributed by atoms with Crippen LogP contribution in [0.25, 0.3) is 97.4 Å². The maximum Gasteiger partial charge on any atom is 0.0547 e.